The number of ether oxygens (including phenoxy) is 3. The highest BCUT2D eigenvalue weighted by Crippen LogP contribution is 2.65. The predicted octanol–water partition coefficient (Wildman–Crippen LogP) is 7.18. The number of rotatable bonds is 1. The average Bonchev–Trinajstić information content (AvgIpc) is 2.88. The molecule has 1 aliphatic heterocycles. The molecule has 0 saturated heterocycles. The van der Waals surface area contributed by atoms with Gasteiger partial charge in [0.1, 0.15) is 5.75 Å². The van der Waals surface area contributed by atoms with Crippen LogP contribution in [0.4, 0.5) is 0 Å². The van der Waals surface area contributed by atoms with Crippen LogP contribution in [0.25, 0.3) is 21.9 Å². The number of aromatic hydroxyl groups is 1. The van der Waals surface area contributed by atoms with Crippen molar-refractivity contribution in [1.29, 1.82) is 0 Å². The third-order valence-electron chi connectivity index (χ3n) is 8.06. The van der Waals surface area contributed by atoms with Crippen LogP contribution >= 0.6 is 0 Å². The highest BCUT2D eigenvalue weighted by Gasteiger charge is 2.53. The molecule has 2 aliphatic carbocycles. The highest BCUT2D eigenvalue weighted by molar-refractivity contribution is 6.06. The summed E-state index contributed by atoms with van der Waals surface area (Å²) in [5, 5.41) is 13.2. The fourth-order valence-corrected chi connectivity index (χ4v) is 7.68. The van der Waals surface area contributed by atoms with E-state index < -0.39 is 0 Å². The van der Waals surface area contributed by atoms with E-state index in [-0.39, 0.29) is 22.5 Å². The topological polar surface area (TPSA) is 47.9 Å². The Morgan fingerprint density at radius 3 is 2.32 bits per heavy atom. The minimum Gasteiger partial charge on any atom is -0.507 e. The molecular weight excluding hydrogens is 424 g/mol. The Bertz CT molecular complexity index is 1290. The zero-order valence-corrected chi connectivity index (χ0v) is 20.8. The number of fused-ring (bicyclic) bond motifs is 8. The predicted molar refractivity (Wildman–Crippen MR) is 135 cm³/mol. The third kappa shape index (κ3) is 3.15. The second-order valence-electron chi connectivity index (χ2n) is 12.1. The molecule has 1 N–H and O–H groups in total. The van der Waals surface area contributed by atoms with Gasteiger partial charge in [0.2, 0.25) is 6.29 Å². The van der Waals surface area contributed by atoms with Crippen LogP contribution in [-0.2, 0) is 10.2 Å². The van der Waals surface area contributed by atoms with Gasteiger partial charge in [-0.25, -0.2) is 0 Å². The van der Waals surface area contributed by atoms with Crippen LogP contribution in [0.1, 0.15) is 64.5 Å². The number of phenolic OH excluding ortho intramolecular Hbond substituents is 1. The van der Waals surface area contributed by atoms with Crippen LogP contribution < -0.4 is 9.47 Å². The first-order valence-electron chi connectivity index (χ1n) is 12.4. The highest BCUT2D eigenvalue weighted by atomic mass is 16.7. The molecule has 1 heterocycles. The molecule has 34 heavy (non-hydrogen) atoms. The van der Waals surface area contributed by atoms with Crippen molar-refractivity contribution < 1.29 is 19.3 Å². The van der Waals surface area contributed by atoms with Gasteiger partial charge in [-0.3, -0.25) is 0 Å². The van der Waals surface area contributed by atoms with Gasteiger partial charge in [0, 0.05) is 24.3 Å². The van der Waals surface area contributed by atoms with Crippen molar-refractivity contribution in [2.75, 3.05) is 13.7 Å². The Kier molecular flexibility index (Phi) is 4.58. The molecule has 0 radical (unpaired) electrons. The lowest BCUT2D eigenvalue weighted by Crippen LogP contribution is -2.43. The molecule has 1 atom stereocenters. The molecule has 3 aliphatic rings. The van der Waals surface area contributed by atoms with E-state index >= 15 is 0 Å². The third-order valence-corrected chi connectivity index (χ3v) is 8.06. The Labute approximate surface area is 201 Å². The van der Waals surface area contributed by atoms with E-state index in [2.05, 4.69) is 58.0 Å². The van der Waals surface area contributed by atoms with Gasteiger partial charge in [-0.1, -0.05) is 52.0 Å². The lowest BCUT2D eigenvalue weighted by molar-refractivity contribution is -0.0564. The fourth-order valence-electron chi connectivity index (χ4n) is 7.68. The van der Waals surface area contributed by atoms with Crippen molar-refractivity contribution in [3.05, 3.63) is 53.6 Å². The first-order chi connectivity index (χ1) is 16.1. The summed E-state index contributed by atoms with van der Waals surface area (Å²) in [4.78, 5) is 0. The van der Waals surface area contributed by atoms with E-state index in [1.165, 1.54) is 28.7 Å². The van der Waals surface area contributed by atoms with Crippen molar-refractivity contribution in [2.45, 2.75) is 65.1 Å². The smallest absolute Gasteiger partial charge is 0.203 e. The maximum atomic E-state index is 11.3. The van der Waals surface area contributed by atoms with E-state index in [1.54, 1.807) is 7.11 Å². The van der Waals surface area contributed by atoms with E-state index in [1.807, 2.05) is 12.1 Å². The first kappa shape index (κ1) is 21.8. The van der Waals surface area contributed by atoms with Crippen LogP contribution in [0, 0.1) is 10.8 Å². The number of hydrogen-bond acceptors (Lipinski definition) is 4. The Morgan fingerprint density at radius 2 is 1.59 bits per heavy atom. The maximum absolute atomic E-state index is 11.3. The molecule has 1 spiro atoms. The van der Waals surface area contributed by atoms with Crippen LogP contribution in [0.15, 0.2) is 42.5 Å². The van der Waals surface area contributed by atoms with Gasteiger partial charge < -0.3 is 19.3 Å². The molecule has 0 amide bonds. The van der Waals surface area contributed by atoms with Crippen molar-refractivity contribution in [1.82, 2.24) is 0 Å². The van der Waals surface area contributed by atoms with Gasteiger partial charge >= 0.3 is 0 Å². The molecule has 3 aromatic carbocycles. The van der Waals surface area contributed by atoms with Crippen LogP contribution in [-0.4, -0.2) is 25.1 Å². The van der Waals surface area contributed by atoms with Crippen molar-refractivity contribution in [3.63, 3.8) is 0 Å². The Morgan fingerprint density at radius 1 is 0.882 bits per heavy atom. The number of phenols is 1. The zero-order valence-electron chi connectivity index (χ0n) is 20.8. The second kappa shape index (κ2) is 7.14. The summed E-state index contributed by atoms with van der Waals surface area (Å²) < 4.78 is 17.7. The van der Waals surface area contributed by atoms with Crippen LogP contribution in [0.3, 0.4) is 0 Å². The van der Waals surface area contributed by atoms with Crippen molar-refractivity contribution in [2.24, 2.45) is 10.8 Å². The number of benzene rings is 3. The lowest BCUT2D eigenvalue weighted by Gasteiger charge is -2.51. The molecule has 4 heteroatoms. The summed E-state index contributed by atoms with van der Waals surface area (Å²) in [5.41, 5.74) is 5.39. The minimum atomic E-state index is -0.345. The number of methoxy groups -OCH3 is 1. The normalized spacial score (nSPS) is 23.4. The lowest BCUT2D eigenvalue weighted by atomic mass is 9.52. The monoisotopic (exact) mass is 458 g/mol. The zero-order chi connectivity index (χ0) is 23.9. The summed E-state index contributed by atoms with van der Waals surface area (Å²) in [7, 11) is 1.66. The summed E-state index contributed by atoms with van der Waals surface area (Å²) in [6.45, 7) is 10.1. The van der Waals surface area contributed by atoms with Crippen molar-refractivity contribution >= 4 is 10.8 Å². The van der Waals surface area contributed by atoms with E-state index in [0.29, 0.717) is 30.3 Å². The molecule has 178 valence electrons. The summed E-state index contributed by atoms with van der Waals surface area (Å²) in [6, 6.07) is 14.9. The van der Waals surface area contributed by atoms with Gasteiger partial charge in [0.15, 0.2) is 11.5 Å². The van der Waals surface area contributed by atoms with E-state index in [9.17, 15) is 5.11 Å². The minimum absolute atomic E-state index is 0.123. The fraction of sp³-hybridized carbons (Fsp3) is 0.467. The molecule has 1 fully saturated rings. The maximum Gasteiger partial charge on any atom is 0.203 e. The molecular formula is C30H34O4. The van der Waals surface area contributed by atoms with Crippen molar-refractivity contribution in [3.8, 4) is 28.4 Å². The largest absolute Gasteiger partial charge is 0.507 e. The van der Waals surface area contributed by atoms with Crippen LogP contribution in [0.2, 0.25) is 0 Å². The summed E-state index contributed by atoms with van der Waals surface area (Å²) in [6.07, 6.45) is 3.63. The first-order valence-corrected chi connectivity index (χ1v) is 12.4. The molecule has 6 rings (SSSR count). The van der Waals surface area contributed by atoms with E-state index in [0.717, 1.165) is 23.6 Å². The summed E-state index contributed by atoms with van der Waals surface area (Å²) >= 11 is 0. The van der Waals surface area contributed by atoms with Gasteiger partial charge in [-0.2, -0.15) is 0 Å². The molecule has 3 aromatic rings. The SMILES string of the molecule is COC1CCOc2cc3c(O)cc4c(c3cc2O1)-c1ccccc1C41CC(C)(C)CC(C)(C)C1. The van der Waals surface area contributed by atoms with Crippen LogP contribution in [0.5, 0.6) is 17.2 Å². The molecule has 4 nitrogen and oxygen atoms in total. The molecule has 0 bridgehead atoms. The standard InChI is InChI=1S/C30H34O4/c1-28(2)15-29(3,4)17-30(16-28)21-9-7-6-8-18(21)27-20-13-25-24(33-11-10-26(32-5)34-25)12-19(20)23(31)14-22(27)30/h6-9,12-14,26,31H,10-11,15-17H2,1-5H3. The van der Waals surface area contributed by atoms with Gasteiger partial charge in [-0.15, -0.1) is 0 Å². The second-order valence-corrected chi connectivity index (χ2v) is 12.1. The Hall–Kier alpha value is -2.72. The quantitative estimate of drug-likeness (QED) is 0.419. The Balaban J connectivity index is 1.66. The van der Waals surface area contributed by atoms with E-state index in [4.69, 9.17) is 14.2 Å². The van der Waals surface area contributed by atoms with Gasteiger partial charge in [-0.05, 0) is 75.9 Å². The molecule has 1 saturated carbocycles. The van der Waals surface area contributed by atoms with Gasteiger partial charge in [0.05, 0.1) is 6.61 Å². The van der Waals surface area contributed by atoms with Gasteiger partial charge in [0.25, 0.3) is 0 Å². The average molecular weight is 459 g/mol. The summed E-state index contributed by atoms with van der Waals surface area (Å²) in [5.74, 6) is 1.64. The number of hydrogen-bond donors (Lipinski definition) is 1. The molecule has 0 aromatic heterocycles. The molecule has 1 unspecified atom stereocenters.